The Morgan fingerprint density at radius 1 is 0.833 bits per heavy atom. The highest BCUT2D eigenvalue weighted by Crippen LogP contribution is 2.29. The van der Waals surface area contributed by atoms with Crippen molar-refractivity contribution in [3.63, 3.8) is 0 Å². The highest BCUT2D eigenvalue weighted by atomic mass is 19.2. The molecule has 0 aromatic heterocycles. The molecule has 2 rings (SSSR count). The van der Waals surface area contributed by atoms with E-state index in [1.54, 1.807) is 36.4 Å². The number of nitrogens with zero attached hydrogens (tertiary/aromatic N) is 2. The Balaban J connectivity index is 2.81. The second kappa shape index (κ2) is 4.65. The maximum absolute atomic E-state index is 13.9. The van der Waals surface area contributed by atoms with Gasteiger partial charge >= 0.3 is 0 Å². The summed E-state index contributed by atoms with van der Waals surface area (Å²) in [6.45, 7) is 0. The molecule has 0 aliphatic carbocycles. The van der Waals surface area contributed by atoms with Gasteiger partial charge in [-0.1, -0.05) is 30.3 Å². The Morgan fingerprint density at radius 2 is 1.44 bits per heavy atom. The van der Waals surface area contributed by atoms with Crippen molar-refractivity contribution in [2.75, 3.05) is 0 Å². The van der Waals surface area contributed by atoms with Crippen LogP contribution in [0.5, 0.6) is 0 Å². The average molecular weight is 240 g/mol. The molecule has 0 N–H and O–H groups in total. The Hall–Kier alpha value is -2.72. The second-order valence-corrected chi connectivity index (χ2v) is 3.56. The zero-order valence-electron chi connectivity index (χ0n) is 9.11. The maximum atomic E-state index is 13.9. The molecule has 0 radical (unpaired) electrons. The van der Waals surface area contributed by atoms with Gasteiger partial charge < -0.3 is 0 Å². The Bertz CT molecular complexity index is 680. The van der Waals surface area contributed by atoms with E-state index < -0.39 is 17.2 Å². The van der Waals surface area contributed by atoms with Crippen LogP contribution in [-0.4, -0.2) is 0 Å². The van der Waals surface area contributed by atoms with E-state index >= 15 is 0 Å². The first-order chi connectivity index (χ1) is 8.69. The second-order valence-electron chi connectivity index (χ2n) is 3.56. The van der Waals surface area contributed by atoms with Crippen LogP contribution in [-0.2, 0) is 0 Å². The predicted octanol–water partition coefficient (Wildman–Crippen LogP) is 3.38. The molecule has 18 heavy (non-hydrogen) atoms. The van der Waals surface area contributed by atoms with Crippen LogP contribution in [0.15, 0.2) is 36.4 Å². The van der Waals surface area contributed by atoms with E-state index in [-0.39, 0.29) is 11.1 Å². The van der Waals surface area contributed by atoms with Gasteiger partial charge in [-0.3, -0.25) is 0 Å². The summed E-state index contributed by atoms with van der Waals surface area (Å²) >= 11 is 0. The van der Waals surface area contributed by atoms with Crippen molar-refractivity contribution < 1.29 is 8.78 Å². The van der Waals surface area contributed by atoms with Crippen molar-refractivity contribution in [2.24, 2.45) is 0 Å². The normalized spacial score (nSPS) is 9.56. The van der Waals surface area contributed by atoms with Gasteiger partial charge in [-0.25, -0.2) is 8.78 Å². The summed E-state index contributed by atoms with van der Waals surface area (Å²) in [5.41, 5.74) is -0.245. The molecule has 0 amide bonds. The molecule has 2 nitrogen and oxygen atoms in total. The minimum absolute atomic E-state index is 0.0587. The summed E-state index contributed by atoms with van der Waals surface area (Å²) in [6, 6.07) is 12.6. The molecule has 2 aromatic rings. The Labute approximate surface area is 102 Å². The molecule has 0 aliphatic heterocycles. The molecular formula is C14H6F2N2. The molecule has 86 valence electrons. The summed E-state index contributed by atoms with van der Waals surface area (Å²) in [5, 5.41) is 17.6. The van der Waals surface area contributed by atoms with Gasteiger partial charge in [-0.05, 0) is 11.6 Å². The Kier molecular flexibility index (Phi) is 3.03. The lowest BCUT2D eigenvalue weighted by molar-refractivity contribution is 0.508. The van der Waals surface area contributed by atoms with Gasteiger partial charge in [0.2, 0.25) is 0 Å². The molecule has 2 aromatic carbocycles. The lowest BCUT2D eigenvalue weighted by Gasteiger charge is -2.07. The fraction of sp³-hybridized carbons (Fsp3) is 0. The van der Waals surface area contributed by atoms with Crippen LogP contribution in [0.3, 0.4) is 0 Å². The number of hydrogen-bond donors (Lipinski definition) is 0. The van der Waals surface area contributed by atoms with Gasteiger partial charge in [0.05, 0.1) is 17.2 Å². The lowest BCUT2D eigenvalue weighted by atomic mass is 9.97. The lowest BCUT2D eigenvalue weighted by Crippen LogP contribution is -1.98. The molecule has 0 heterocycles. The van der Waals surface area contributed by atoms with Crippen LogP contribution in [0.4, 0.5) is 8.78 Å². The molecule has 0 atom stereocenters. The first kappa shape index (κ1) is 11.8. The molecular weight excluding hydrogens is 234 g/mol. The number of benzene rings is 2. The number of hydrogen-bond acceptors (Lipinski definition) is 2. The van der Waals surface area contributed by atoms with E-state index in [1.165, 1.54) is 6.07 Å². The first-order valence-electron chi connectivity index (χ1n) is 5.06. The smallest absolute Gasteiger partial charge is 0.177 e. The van der Waals surface area contributed by atoms with Crippen molar-refractivity contribution in [1.29, 1.82) is 10.5 Å². The molecule has 0 aliphatic rings. The summed E-state index contributed by atoms with van der Waals surface area (Å²) < 4.78 is 27.5. The van der Waals surface area contributed by atoms with Gasteiger partial charge in [-0.15, -0.1) is 0 Å². The Morgan fingerprint density at radius 3 is 2.00 bits per heavy atom. The summed E-state index contributed by atoms with van der Waals surface area (Å²) in [5.74, 6) is -2.40. The van der Waals surface area contributed by atoms with Crippen LogP contribution in [0, 0.1) is 34.3 Å². The summed E-state index contributed by atoms with van der Waals surface area (Å²) in [7, 11) is 0. The molecule has 0 unspecified atom stereocenters. The van der Waals surface area contributed by atoms with Gasteiger partial charge in [-0.2, -0.15) is 10.5 Å². The van der Waals surface area contributed by atoms with Crippen LogP contribution >= 0.6 is 0 Å². The van der Waals surface area contributed by atoms with E-state index in [0.29, 0.717) is 5.56 Å². The van der Waals surface area contributed by atoms with Gasteiger partial charge in [0, 0.05) is 5.56 Å². The topological polar surface area (TPSA) is 47.6 Å². The molecule has 0 spiro atoms. The van der Waals surface area contributed by atoms with Crippen LogP contribution < -0.4 is 0 Å². The third-order valence-corrected chi connectivity index (χ3v) is 2.51. The molecule has 0 fully saturated rings. The predicted molar refractivity (Wildman–Crippen MR) is 61.2 cm³/mol. The number of rotatable bonds is 1. The van der Waals surface area contributed by atoms with E-state index in [1.807, 2.05) is 0 Å². The third-order valence-electron chi connectivity index (χ3n) is 2.51. The quantitative estimate of drug-likeness (QED) is 0.767. The van der Waals surface area contributed by atoms with Crippen LogP contribution in [0.25, 0.3) is 11.1 Å². The summed E-state index contributed by atoms with van der Waals surface area (Å²) in [6.07, 6.45) is 0. The largest absolute Gasteiger partial charge is 0.203 e. The average Bonchev–Trinajstić information content (AvgIpc) is 2.42. The molecule has 0 bridgehead atoms. The van der Waals surface area contributed by atoms with Crippen molar-refractivity contribution in [1.82, 2.24) is 0 Å². The van der Waals surface area contributed by atoms with Gasteiger partial charge in [0.15, 0.2) is 11.6 Å². The summed E-state index contributed by atoms with van der Waals surface area (Å²) in [4.78, 5) is 0. The first-order valence-corrected chi connectivity index (χ1v) is 5.06. The van der Waals surface area contributed by atoms with Gasteiger partial charge in [0.1, 0.15) is 6.07 Å². The zero-order valence-corrected chi connectivity index (χ0v) is 9.11. The van der Waals surface area contributed by atoms with Crippen LogP contribution in [0.2, 0.25) is 0 Å². The third kappa shape index (κ3) is 1.81. The SMILES string of the molecule is N#Cc1cc(C#N)c(-c2ccccc2)c(F)c1F. The minimum atomic E-state index is -1.23. The number of halogens is 2. The van der Waals surface area contributed by atoms with Crippen molar-refractivity contribution in [3.05, 3.63) is 59.2 Å². The van der Waals surface area contributed by atoms with Gasteiger partial charge in [0.25, 0.3) is 0 Å². The van der Waals surface area contributed by atoms with Crippen molar-refractivity contribution >= 4 is 0 Å². The van der Waals surface area contributed by atoms with E-state index in [2.05, 4.69) is 0 Å². The fourth-order valence-electron chi connectivity index (χ4n) is 1.68. The van der Waals surface area contributed by atoms with E-state index in [9.17, 15) is 8.78 Å². The molecule has 0 saturated carbocycles. The fourth-order valence-corrected chi connectivity index (χ4v) is 1.68. The maximum Gasteiger partial charge on any atom is 0.177 e. The molecule has 4 heteroatoms. The van der Waals surface area contributed by atoms with E-state index in [4.69, 9.17) is 10.5 Å². The number of nitriles is 2. The van der Waals surface area contributed by atoms with E-state index in [0.717, 1.165) is 6.07 Å². The standard InChI is InChI=1S/C14H6F2N2/c15-13-11(8-18)6-10(7-17)12(14(13)16)9-4-2-1-3-5-9/h1-6H. The highest BCUT2D eigenvalue weighted by Gasteiger charge is 2.19. The zero-order chi connectivity index (χ0) is 13.1. The minimum Gasteiger partial charge on any atom is -0.203 e. The molecule has 0 saturated heterocycles. The van der Waals surface area contributed by atoms with Crippen molar-refractivity contribution in [2.45, 2.75) is 0 Å². The monoisotopic (exact) mass is 240 g/mol. The highest BCUT2D eigenvalue weighted by molar-refractivity contribution is 5.72. The van der Waals surface area contributed by atoms with Crippen LogP contribution in [0.1, 0.15) is 11.1 Å². The van der Waals surface area contributed by atoms with Crippen molar-refractivity contribution in [3.8, 4) is 23.3 Å².